The molecular formula is C38H42N2O7S. The Morgan fingerprint density at radius 2 is 1.62 bits per heavy atom. The van der Waals surface area contributed by atoms with Gasteiger partial charge in [0.15, 0.2) is 16.3 Å². The van der Waals surface area contributed by atoms with Gasteiger partial charge in [-0.1, -0.05) is 55.5 Å². The second-order valence-corrected chi connectivity index (χ2v) is 12.3. The van der Waals surface area contributed by atoms with Crippen molar-refractivity contribution >= 4 is 23.4 Å². The molecule has 0 N–H and O–H groups in total. The first-order valence-corrected chi connectivity index (χ1v) is 17.1. The minimum absolute atomic E-state index is 0.205. The van der Waals surface area contributed by atoms with Crippen molar-refractivity contribution in [2.75, 3.05) is 33.5 Å². The molecule has 2 atom stereocenters. The lowest BCUT2D eigenvalue weighted by Crippen LogP contribution is -2.39. The zero-order chi connectivity index (χ0) is 34.2. The SMILES string of the molecule is CCOC(=O)C1=C(C)N=c2s/c(=C/c3ccc(OCCOc4ccc([C@H](C)CC)cc4)c(OCC)c3)c(=O)n2[C@H]1c1ccc(OC)cc1. The van der Waals surface area contributed by atoms with E-state index in [1.807, 2.05) is 49.4 Å². The van der Waals surface area contributed by atoms with Crippen molar-refractivity contribution in [2.45, 2.75) is 53.0 Å². The Labute approximate surface area is 284 Å². The number of methoxy groups -OCH3 is 1. The lowest BCUT2D eigenvalue weighted by atomic mass is 9.96. The first-order valence-electron chi connectivity index (χ1n) is 16.2. The average Bonchev–Trinajstić information content (AvgIpc) is 3.40. The van der Waals surface area contributed by atoms with E-state index in [0.717, 1.165) is 23.3 Å². The topological polar surface area (TPSA) is 97.6 Å². The number of carbonyl (C=O) groups excluding carboxylic acids is 1. The van der Waals surface area contributed by atoms with Crippen molar-refractivity contribution in [2.24, 2.45) is 4.99 Å². The summed E-state index contributed by atoms with van der Waals surface area (Å²) in [5, 5.41) is 0. The number of ether oxygens (including phenoxy) is 5. The predicted molar refractivity (Wildman–Crippen MR) is 187 cm³/mol. The summed E-state index contributed by atoms with van der Waals surface area (Å²) in [6.07, 6.45) is 2.89. The summed E-state index contributed by atoms with van der Waals surface area (Å²) in [7, 11) is 1.59. The van der Waals surface area contributed by atoms with Gasteiger partial charge < -0.3 is 23.7 Å². The van der Waals surface area contributed by atoms with Gasteiger partial charge in [-0.05, 0) is 92.3 Å². The Bertz CT molecular complexity index is 1940. The number of hydrogen-bond acceptors (Lipinski definition) is 9. The van der Waals surface area contributed by atoms with Gasteiger partial charge in [0.1, 0.15) is 24.7 Å². The predicted octanol–water partition coefficient (Wildman–Crippen LogP) is 6.18. The van der Waals surface area contributed by atoms with Gasteiger partial charge >= 0.3 is 5.97 Å². The number of aromatic nitrogens is 1. The van der Waals surface area contributed by atoms with E-state index in [4.69, 9.17) is 23.7 Å². The number of thiazole rings is 1. The highest BCUT2D eigenvalue weighted by atomic mass is 32.1. The van der Waals surface area contributed by atoms with Crippen LogP contribution in [0.4, 0.5) is 0 Å². The average molecular weight is 671 g/mol. The van der Waals surface area contributed by atoms with Crippen molar-refractivity contribution in [3.63, 3.8) is 0 Å². The highest BCUT2D eigenvalue weighted by Crippen LogP contribution is 2.32. The fourth-order valence-electron chi connectivity index (χ4n) is 5.49. The van der Waals surface area contributed by atoms with E-state index >= 15 is 0 Å². The summed E-state index contributed by atoms with van der Waals surface area (Å²) in [6, 6.07) is 20.3. The van der Waals surface area contributed by atoms with Crippen LogP contribution in [0, 0.1) is 0 Å². The molecule has 0 saturated carbocycles. The molecule has 1 aliphatic rings. The number of nitrogens with zero attached hydrogens (tertiary/aromatic N) is 2. The number of carbonyl (C=O) groups is 1. The monoisotopic (exact) mass is 670 g/mol. The van der Waals surface area contributed by atoms with E-state index in [2.05, 4.69) is 31.0 Å². The zero-order valence-electron chi connectivity index (χ0n) is 28.3. The Hall–Kier alpha value is -4.83. The van der Waals surface area contributed by atoms with Crippen LogP contribution in [0.15, 0.2) is 87.8 Å². The summed E-state index contributed by atoms with van der Waals surface area (Å²) in [5.74, 6) is 2.62. The maximum Gasteiger partial charge on any atom is 0.338 e. The van der Waals surface area contributed by atoms with Crippen molar-refractivity contribution in [3.05, 3.63) is 114 Å². The molecule has 2 heterocycles. The van der Waals surface area contributed by atoms with Gasteiger partial charge in [-0.15, -0.1) is 0 Å². The zero-order valence-corrected chi connectivity index (χ0v) is 29.1. The molecule has 252 valence electrons. The maximum absolute atomic E-state index is 14.0. The maximum atomic E-state index is 14.0. The van der Waals surface area contributed by atoms with Crippen LogP contribution in [0.1, 0.15) is 69.7 Å². The van der Waals surface area contributed by atoms with E-state index in [-0.39, 0.29) is 12.2 Å². The van der Waals surface area contributed by atoms with Crippen molar-refractivity contribution in [3.8, 4) is 23.0 Å². The van der Waals surface area contributed by atoms with Crippen LogP contribution >= 0.6 is 11.3 Å². The molecule has 0 saturated heterocycles. The second kappa shape index (κ2) is 15.8. The van der Waals surface area contributed by atoms with E-state index in [0.29, 0.717) is 63.6 Å². The molecule has 0 fully saturated rings. The van der Waals surface area contributed by atoms with Gasteiger partial charge in [-0.3, -0.25) is 9.36 Å². The molecule has 0 unspecified atom stereocenters. The number of fused-ring (bicyclic) bond motifs is 1. The lowest BCUT2D eigenvalue weighted by Gasteiger charge is -2.24. The van der Waals surface area contributed by atoms with Gasteiger partial charge in [0.2, 0.25) is 0 Å². The van der Waals surface area contributed by atoms with Gasteiger partial charge in [0, 0.05) is 0 Å². The molecule has 3 aromatic carbocycles. The Kier molecular flexibility index (Phi) is 11.4. The number of rotatable bonds is 14. The van der Waals surface area contributed by atoms with Crippen molar-refractivity contribution < 1.29 is 28.5 Å². The second-order valence-electron chi connectivity index (χ2n) is 11.3. The molecule has 9 nitrogen and oxygen atoms in total. The normalized spacial score (nSPS) is 15.0. The molecule has 0 bridgehead atoms. The van der Waals surface area contributed by atoms with Crippen LogP contribution in [-0.2, 0) is 9.53 Å². The molecule has 4 aromatic rings. The quantitative estimate of drug-likeness (QED) is 0.117. The largest absolute Gasteiger partial charge is 0.497 e. The minimum Gasteiger partial charge on any atom is -0.497 e. The first kappa shape index (κ1) is 34.5. The Morgan fingerprint density at radius 1 is 0.917 bits per heavy atom. The third-order valence-electron chi connectivity index (χ3n) is 8.19. The van der Waals surface area contributed by atoms with Crippen LogP contribution in [-0.4, -0.2) is 44.1 Å². The minimum atomic E-state index is -0.705. The van der Waals surface area contributed by atoms with Gasteiger partial charge in [-0.25, -0.2) is 9.79 Å². The van der Waals surface area contributed by atoms with E-state index < -0.39 is 12.0 Å². The number of allylic oxidation sites excluding steroid dienone is 1. The molecule has 0 amide bonds. The summed E-state index contributed by atoms with van der Waals surface area (Å²) in [4.78, 5) is 32.3. The highest BCUT2D eigenvalue weighted by Gasteiger charge is 2.33. The van der Waals surface area contributed by atoms with E-state index in [1.54, 1.807) is 43.7 Å². The summed E-state index contributed by atoms with van der Waals surface area (Å²) in [6.45, 7) is 11.2. The molecular weight excluding hydrogens is 628 g/mol. The number of benzene rings is 3. The number of hydrogen-bond donors (Lipinski definition) is 0. The molecule has 5 rings (SSSR count). The van der Waals surface area contributed by atoms with Gasteiger partial charge in [-0.2, -0.15) is 0 Å². The summed E-state index contributed by atoms with van der Waals surface area (Å²) in [5.41, 5.74) is 3.37. The molecule has 1 aromatic heterocycles. The van der Waals surface area contributed by atoms with E-state index in [9.17, 15) is 9.59 Å². The fourth-order valence-corrected chi connectivity index (χ4v) is 6.53. The van der Waals surface area contributed by atoms with Crippen LogP contribution in [0.25, 0.3) is 6.08 Å². The van der Waals surface area contributed by atoms with Crippen LogP contribution < -0.4 is 33.8 Å². The van der Waals surface area contributed by atoms with Crippen molar-refractivity contribution in [1.29, 1.82) is 0 Å². The van der Waals surface area contributed by atoms with E-state index in [1.165, 1.54) is 16.9 Å². The smallest absolute Gasteiger partial charge is 0.338 e. The Balaban J connectivity index is 1.40. The molecule has 48 heavy (non-hydrogen) atoms. The number of esters is 1. The van der Waals surface area contributed by atoms with Crippen LogP contribution in [0.2, 0.25) is 0 Å². The Morgan fingerprint density at radius 3 is 2.29 bits per heavy atom. The molecule has 0 radical (unpaired) electrons. The first-order chi connectivity index (χ1) is 23.3. The molecule has 0 spiro atoms. The fraction of sp³-hybridized carbons (Fsp3) is 0.342. The third-order valence-corrected chi connectivity index (χ3v) is 9.17. The third kappa shape index (κ3) is 7.65. The lowest BCUT2D eigenvalue weighted by molar-refractivity contribution is -0.139. The highest BCUT2D eigenvalue weighted by molar-refractivity contribution is 7.07. The summed E-state index contributed by atoms with van der Waals surface area (Å²) >= 11 is 1.26. The standard InChI is InChI=1S/C38H42N2O7S/c1-7-24(4)27-11-17-30(18-12-27)46-20-21-47-31-19-10-26(22-32(31)44-8-2)23-33-36(41)40-35(28-13-15-29(43-6)16-14-28)34(37(42)45-9-3)25(5)39-38(40)48-33/h10-19,22-24,35H,7-9,20-21H2,1-6H3/b33-23+/t24-,35+/m1/s1. The molecule has 0 aliphatic carbocycles. The van der Waals surface area contributed by atoms with Crippen LogP contribution in [0.5, 0.6) is 23.0 Å². The van der Waals surface area contributed by atoms with Crippen LogP contribution in [0.3, 0.4) is 0 Å². The van der Waals surface area contributed by atoms with Crippen molar-refractivity contribution in [1.82, 2.24) is 4.57 Å². The van der Waals surface area contributed by atoms with Gasteiger partial charge in [0.25, 0.3) is 5.56 Å². The summed E-state index contributed by atoms with van der Waals surface area (Å²) < 4.78 is 30.6. The molecule has 1 aliphatic heterocycles. The van der Waals surface area contributed by atoms with Gasteiger partial charge in [0.05, 0.1) is 42.2 Å². The molecule has 10 heteroatoms.